The third-order valence-electron chi connectivity index (χ3n) is 2.31. The summed E-state index contributed by atoms with van der Waals surface area (Å²) in [5.41, 5.74) is 8.60. The van der Waals surface area contributed by atoms with Crippen molar-refractivity contribution in [1.82, 2.24) is 9.78 Å². The van der Waals surface area contributed by atoms with E-state index in [1.54, 1.807) is 4.68 Å². The third-order valence-corrected chi connectivity index (χ3v) is 2.71. The van der Waals surface area contributed by atoms with E-state index < -0.39 is 0 Å². The van der Waals surface area contributed by atoms with Crippen LogP contribution in [0.3, 0.4) is 0 Å². The number of aromatic nitrogens is 2. The van der Waals surface area contributed by atoms with Crippen LogP contribution in [0.4, 0.5) is 5.82 Å². The molecule has 0 saturated heterocycles. The lowest BCUT2D eigenvalue weighted by molar-refractivity contribution is 0.851. The van der Waals surface area contributed by atoms with Crippen LogP contribution in [0.2, 0.25) is 5.02 Å². The van der Waals surface area contributed by atoms with Crippen molar-refractivity contribution in [2.45, 2.75) is 13.8 Å². The molecule has 0 aliphatic carbocycles. The number of anilines is 1. The highest BCUT2D eigenvalue weighted by molar-refractivity contribution is 6.31. The quantitative estimate of drug-likeness (QED) is 0.805. The summed E-state index contributed by atoms with van der Waals surface area (Å²) in [6.45, 7) is 3.92. The zero-order valence-corrected chi connectivity index (χ0v) is 9.42. The minimum atomic E-state index is 0.518. The summed E-state index contributed by atoms with van der Waals surface area (Å²) >= 11 is 6.05. The van der Waals surface area contributed by atoms with E-state index in [0.717, 1.165) is 22.0 Å². The maximum atomic E-state index is 6.05. The van der Waals surface area contributed by atoms with E-state index in [1.165, 1.54) is 0 Å². The van der Waals surface area contributed by atoms with Gasteiger partial charge in [0.1, 0.15) is 5.82 Å². The van der Waals surface area contributed by atoms with Gasteiger partial charge in [0.25, 0.3) is 0 Å². The van der Waals surface area contributed by atoms with Gasteiger partial charge in [0.15, 0.2) is 0 Å². The summed E-state index contributed by atoms with van der Waals surface area (Å²) in [7, 11) is 0. The lowest BCUT2D eigenvalue weighted by Crippen LogP contribution is -1.99. The van der Waals surface area contributed by atoms with Crippen LogP contribution in [0, 0.1) is 13.8 Å². The Morgan fingerprint density at radius 3 is 2.53 bits per heavy atom. The molecule has 0 atom stereocenters. The molecule has 1 aromatic carbocycles. The van der Waals surface area contributed by atoms with Crippen molar-refractivity contribution in [3.63, 3.8) is 0 Å². The van der Waals surface area contributed by atoms with Crippen LogP contribution in [0.15, 0.2) is 24.3 Å². The van der Waals surface area contributed by atoms with Crippen molar-refractivity contribution in [2.75, 3.05) is 5.73 Å². The fourth-order valence-corrected chi connectivity index (χ4v) is 1.65. The number of rotatable bonds is 1. The Morgan fingerprint density at radius 2 is 2.00 bits per heavy atom. The SMILES string of the molecule is Cc1ccc(-n2nc(N)cc2C)cc1Cl. The van der Waals surface area contributed by atoms with Crippen LogP contribution in [-0.2, 0) is 0 Å². The minimum Gasteiger partial charge on any atom is -0.382 e. The van der Waals surface area contributed by atoms with Crippen LogP contribution in [0.25, 0.3) is 5.69 Å². The predicted octanol–water partition coefficient (Wildman–Crippen LogP) is 2.72. The van der Waals surface area contributed by atoms with Gasteiger partial charge in [-0.2, -0.15) is 5.10 Å². The summed E-state index contributed by atoms with van der Waals surface area (Å²) < 4.78 is 1.78. The predicted molar refractivity (Wildman–Crippen MR) is 62.5 cm³/mol. The molecular weight excluding hydrogens is 210 g/mol. The largest absolute Gasteiger partial charge is 0.382 e. The molecule has 15 heavy (non-hydrogen) atoms. The Balaban J connectivity index is 2.54. The maximum Gasteiger partial charge on any atom is 0.146 e. The highest BCUT2D eigenvalue weighted by atomic mass is 35.5. The average Bonchev–Trinajstić information content (AvgIpc) is 2.50. The van der Waals surface area contributed by atoms with Crippen LogP contribution in [-0.4, -0.2) is 9.78 Å². The van der Waals surface area contributed by atoms with Crippen molar-refractivity contribution < 1.29 is 0 Å². The normalized spacial score (nSPS) is 10.6. The highest BCUT2D eigenvalue weighted by Crippen LogP contribution is 2.20. The van der Waals surface area contributed by atoms with Gasteiger partial charge in [0.05, 0.1) is 5.69 Å². The van der Waals surface area contributed by atoms with Crippen molar-refractivity contribution in [3.05, 3.63) is 40.5 Å². The summed E-state index contributed by atoms with van der Waals surface area (Å²) in [6, 6.07) is 7.65. The van der Waals surface area contributed by atoms with E-state index >= 15 is 0 Å². The summed E-state index contributed by atoms with van der Waals surface area (Å²) in [5.74, 6) is 0.518. The second-order valence-corrected chi connectivity index (χ2v) is 3.96. The van der Waals surface area contributed by atoms with Gasteiger partial charge in [0.2, 0.25) is 0 Å². The molecule has 0 saturated carbocycles. The van der Waals surface area contributed by atoms with Crippen molar-refractivity contribution >= 4 is 17.4 Å². The van der Waals surface area contributed by atoms with E-state index in [2.05, 4.69) is 5.10 Å². The Bertz CT molecular complexity index is 503. The molecule has 2 aromatic rings. The van der Waals surface area contributed by atoms with Crippen molar-refractivity contribution in [2.24, 2.45) is 0 Å². The molecule has 78 valence electrons. The number of hydrogen-bond donors (Lipinski definition) is 1. The Kier molecular flexibility index (Phi) is 2.40. The summed E-state index contributed by atoms with van der Waals surface area (Å²) in [5, 5.41) is 4.92. The number of nitrogens with two attached hydrogens (primary N) is 1. The lowest BCUT2D eigenvalue weighted by Gasteiger charge is -2.05. The van der Waals surface area contributed by atoms with E-state index in [1.807, 2.05) is 38.1 Å². The van der Waals surface area contributed by atoms with Gasteiger partial charge in [-0.3, -0.25) is 0 Å². The Morgan fingerprint density at radius 1 is 1.27 bits per heavy atom. The van der Waals surface area contributed by atoms with Gasteiger partial charge < -0.3 is 5.73 Å². The van der Waals surface area contributed by atoms with Crippen LogP contribution in [0.5, 0.6) is 0 Å². The molecule has 1 aromatic heterocycles. The van der Waals surface area contributed by atoms with E-state index in [0.29, 0.717) is 5.82 Å². The Hall–Kier alpha value is -1.48. The van der Waals surface area contributed by atoms with Gasteiger partial charge in [-0.25, -0.2) is 4.68 Å². The van der Waals surface area contributed by atoms with Crippen LogP contribution >= 0.6 is 11.6 Å². The molecule has 2 rings (SSSR count). The van der Waals surface area contributed by atoms with Crippen LogP contribution < -0.4 is 5.73 Å². The fraction of sp³-hybridized carbons (Fsp3) is 0.182. The first-order valence-corrected chi connectivity index (χ1v) is 5.04. The molecule has 1 heterocycles. The molecule has 0 spiro atoms. The van der Waals surface area contributed by atoms with Gasteiger partial charge in [-0.05, 0) is 31.5 Å². The zero-order valence-electron chi connectivity index (χ0n) is 8.66. The molecule has 0 amide bonds. The van der Waals surface area contributed by atoms with Crippen LogP contribution in [0.1, 0.15) is 11.3 Å². The smallest absolute Gasteiger partial charge is 0.146 e. The van der Waals surface area contributed by atoms with E-state index in [9.17, 15) is 0 Å². The maximum absolute atomic E-state index is 6.05. The molecule has 0 fully saturated rings. The molecule has 3 nitrogen and oxygen atoms in total. The number of halogens is 1. The van der Waals surface area contributed by atoms with Crippen molar-refractivity contribution in [3.8, 4) is 5.69 Å². The number of nitrogen functional groups attached to an aromatic ring is 1. The molecule has 4 heteroatoms. The average molecular weight is 222 g/mol. The minimum absolute atomic E-state index is 0.518. The fourth-order valence-electron chi connectivity index (χ4n) is 1.47. The number of benzene rings is 1. The number of hydrogen-bond acceptors (Lipinski definition) is 2. The molecule has 0 unspecified atom stereocenters. The summed E-state index contributed by atoms with van der Waals surface area (Å²) in [4.78, 5) is 0. The molecule has 0 aliphatic rings. The highest BCUT2D eigenvalue weighted by Gasteiger charge is 2.05. The first kappa shape index (κ1) is 10.1. The van der Waals surface area contributed by atoms with Gasteiger partial charge >= 0.3 is 0 Å². The molecule has 0 aliphatic heterocycles. The molecule has 0 radical (unpaired) electrons. The monoisotopic (exact) mass is 221 g/mol. The second kappa shape index (κ2) is 3.59. The number of nitrogens with zero attached hydrogens (tertiary/aromatic N) is 2. The second-order valence-electron chi connectivity index (χ2n) is 3.56. The van der Waals surface area contributed by atoms with E-state index in [-0.39, 0.29) is 0 Å². The topological polar surface area (TPSA) is 43.8 Å². The summed E-state index contributed by atoms with van der Waals surface area (Å²) in [6.07, 6.45) is 0. The van der Waals surface area contributed by atoms with Gasteiger partial charge in [-0.1, -0.05) is 17.7 Å². The molecule has 2 N–H and O–H groups in total. The standard InChI is InChI=1S/C11H12ClN3/c1-7-3-4-9(6-10(7)12)15-8(2)5-11(13)14-15/h3-6H,1-2H3,(H2,13,14). The third kappa shape index (κ3) is 1.83. The number of aryl methyl sites for hydroxylation is 2. The molecular formula is C11H12ClN3. The zero-order chi connectivity index (χ0) is 11.0. The Labute approximate surface area is 93.5 Å². The van der Waals surface area contributed by atoms with Gasteiger partial charge in [0, 0.05) is 16.8 Å². The van der Waals surface area contributed by atoms with Crippen molar-refractivity contribution in [1.29, 1.82) is 0 Å². The first-order chi connectivity index (χ1) is 7.08. The lowest BCUT2D eigenvalue weighted by atomic mass is 10.2. The first-order valence-electron chi connectivity index (χ1n) is 4.66. The van der Waals surface area contributed by atoms with Gasteiger partial charge in [-0.15, -0.1) is 0 Å². The van der Waals surface area contributed by atoms with E-state index in [4.69, 9.17) is 17.3 Å². The molecule has 0 bridgehead atoms.